The van der Waals surface area contributed by atoms with Gasteiger partial charge in [-0.15, -0.1) is 22.7 Å². The largest absolute Gasteiger partial charge is 0.140 e. The smallest absolute Gasteiger partial charge is 0.0618 e. The highest BCUT2D eigenvalue weighted by Gasteiger charge is 2.03. The summed E-state index contributed by atoms with van der Waals surface area (Å²) in [5.74, 6) is 0. The Bertz CT molecular complexity index is 490. The van der Waals surface area contributed by atoms with Crippen molar-refractivity contribution in [1.82, 2.24) is 0 Å². The first-order chi connectivity index (χ1) is 7.15. The third-order valence-electron chi connectivity index (χ3n) is 1.86. The first kappa shape index (κ1) is 11.6. The van der Waals surface area contributed by atoms with Crippen LogP contribution in [0.2, 0.25) is 0 Å². The second-order valence-corrected chi connectivity index (χ2v) is 8.22. The van der Waals surface area contributed by atoms with Crippen LogP contribution in [0, 0.1) is 6.92 Å². The van der Waals surface area contributed by atoms with E-state index in [0.717, 1.165) is 3.39 Å². The molecule has 4 heteroatoms. The highest BCUT2D eigenvalue weighted by molar-refractivity contribution is 9.28. The maximum atomic E-state index is 3.37. The molecule has 0 spiro atoms. The first-order valence-corrected chi connectivity index (χ1v) is 7.56. The van der Waals surface area contributed by atoms with Crippen LogP contribution >= 0.6 is 54.5 Å². The lowest BCUT2D eigenvalue weighted by atomic mass is 10.3. The van der Waals surface area contributed by atoms with E-state index in [-0.39, 0.29) is 0 Å². The topological polar surface area (TPSA) is 0 Å². The molecule has 0 amide bonds. The standard InChI is InChI=1S/C11H8Br2S2/c1-7-2-4-9(14-7)10-5-3-8(15-10)6-11(12)13/h2-6H,1H3. The summed E-state index contributed by atoms with van der Waals surface area (Å²) in [4.78, 5) is 5.29. The molecule has 0 aromatic carbocycles. The molecule has 0 saturated heterocycles. The summed E-state index contributed by atoms with van der Waals surface area (Å²) in [6.07, 6.45) is 2.06. The molecule has 0 unspecified atom stereocenters. The zero-order chi connectivity index (χ0) is 10.8. The van der Waals surface area contributed by atoms with Gasteiger partial charge in [0, 0.05) is 19.5 Å². The fourth-order valence-corrected chi connectivity index (χ4v) is 3.94. The van der Waals surface area contributed by atoms with E-state index in [1.807, 2.05) is 11.3 Å². The summed E-state index contributed by atoms with van der Waals surface area (Å²) in [5.41, 5.74) is 0. The quantitative estimate of drug-likeness (QED) is 0.625. The molecule has 0 aliphatic rings. The highest BCUT2D eigenvalue weighted by Crippen LogP contribution is 2.34. The summed E-state index contributed by atoms with van der Waals surface area (Å²) in [5, 5.41) is 0. The predicted octanol–water partition coefficient (Wildman–Crippen LogP) is 5.87. The molecule has 0 radical (unpaired) electrons. The van der Waals surface area contributed by atoms with Crippen LogP contribution in [0.1, 0.15) is 9.75 Å². The molecule has 0 N–H and O–H groups in total. The lowest BCUT2D eigenvalue weighted by molar-refractivity contribution is 1.64. The molecule has 0 saturated carbocycles. The van der Waals surface area contributed by atoms with Gasteiger partial charge >= 0.3 is 0 Å². The number of aryl methyl sites for hydroxylation is 1. The van der Waals surface area contributed by atoms with Gasteiger partial charge in [0.25, 0.3) is 0 Å². The van der Waals surface area contributed by atoms with Crippen LogP contribution in [-0.4, -0.2) is 0 Å². The number of rotatable bonds is 2. The van der Waals surface area contributed by atoms with E-state index in [1.165, 1.54) is 19.5 Å². The lowest BCUT2D eigenvalue weighted by Crippen LogP contribution is -1.56. The third kappa shape index (κ3) is 3.03. The summed E-state index contributed by atoms with van der Waals surface area (Å²) in [7, 11) is 0. The molecular weight excluding hydrogens is 356 g/mol. The molecule has 0 fully saturated rings. The fraction of sp³-hybridized carbons (Fsp3) is 0.0909. The van der Waals surface area contributed by atoms with Crippen molar-refractivity contribution in [3.8, 4) is 9.75 Å². The molecule has 0 atom stereocenters. The second kappa shape index (κ2) is 4.95. The van der Waals surface area contributed by atoms with E-state index < -0.39 is 0 Å². The van der Waals surface area contributed by atoms with Crippen molar-refractivity contribution < 1.29 is 0 Å². The maximum Gasteiger partial charge on any atom is 0.0618 e. The summed E-state index contributed by atoms with van der Waals surface area (Å²) in [6, 6.07) is 8.65. The van der Waals surface area contributed by atoms with Crippen LogP contribution in [0.5, 0.6) is 0 Å². The van der Waals surface area contributed by atoms with Crippen molar-refractivity contribution in [3.63, 3.8) is 0 Å². The maximum absolute atomic E-state index is 3.37. The van der Waals surface area contributed by atoms with Gasteiger partial charge in [-0.1, -0.05) is 0 Å². The Morgan fingerprint density at radius 2 is 1.73 bits per heavy atom. The Morgan fingerprint density at radius 1 is 1.07 bits per heavy atom. The average molecular weight is 364 g/mol. The first-order valence-electron chi connectivity index (χ1n) is 4.34. The Balaban J connectivity index is 2.31. The van der Waals surface area contributed by atoms with Crippen molar-refractivity contribution in [2.45, 2.75) is 6.92 Å². The van der Waals surface area contributed by atoms with E-state index in [1.54, 1.807) is 11.3 Å². The van der Waals surface area contributed by atoms with E-state index in [4.69, 9.17) is 0 Å². The van der Waals surface area contributed by atoms with Gasteiger partial charge in [-0.2, -0.15) is 0 Å². The molecule has 0 nitrogen and oxygen atoms in total. The summed E-state index contributed by atoms with van der Waals surface area (Å²) < 4.78 is 0.978. The lowest BCUT2D eigenvalue weighted by Gasteiger charge is -1.88. The van der Waals surface area contributed by atoms with Gasteiger partial charge in [0.1, 0.15) is 0 Å². The number of hydrogen-bond acceptors (Lipinski definition) is 2. The Kier molecular flexibility index (Phi) is 3.83. The van der Waals surface area contributed by atoms with Gasteiger partial charge < -0.3 is 0 Å². The Morgan fingerprint density at radius 3 is 2.33 bits per heavy atom. The van der Waals surface area contributed by atoms with E-state index in [9.17, 15) is 0 Å². The molecule has 2 heterocycles. The monoisotopic (exact) mass is 362 g/mol. The predicted molar refractivity (Wildman–Crippen MR) is 78.2 cm³/mol. The minimum atomic E-state index is 0.978. The number of hydrogen-bond donors (Lipinski definition) is 0. The zero-order valence-electron chi connectivity index (χ0n) is 7.96. The van der Waals surface area contributed by atoms with E-state index in [0.29, 0.717) is 0 Å². The molecule has 0 bridgehead atoms. The van der Waals surface area contributed by atoms with Gasteiger partial charge in [0.15, 0.2) is 0 Å². The molecule has 0 aliphatic carbocycles. The van der Waals surface area contributed by atoms with Crippen molar-refractivity contribution in [1.29, 1.82) is 0 Å². The molecule has 78 valence electrons. The van der Waals surface area contributed by atoms with E-state index in [2.05, 4.69) is 69.1 Å². The van der Waals surface area contributed by atoms with Crippen molar-refractivity contribution in [2.24, 2.45) is 0 Å². The zero-order valence-corrected chi connectivity index (χ0v) is 12.8. The molecular formula is C11H8Br2S2. The van der Waals surface area contributed by atoms with Crippen LogP contribution in [0.25, 0.3) is 15.8 Å². The SMILES string of the molecule is Cc1ccc(-c2ccc(C=C(Br)Br)s2)s1. The minimum absolute atomic E-state index is 0.978. The normalized spacial score (nSPS) is 10.3. The van der Waals surface area contributed by atoms with Gasteiger partial charge in [-0.05, 0) is 69.1 Å². The number of halogens is 2. The van der Waals surface area contributed by atoms with Crippen molar-refractivity contribution in [2.75, 3.05) is 0 Å². The second-order valence-electron chi connectivity index (χ2n) is 3.05. The van der Waals surface area contributed by atoms with Crippen LogP contribution in [-0.2, 0) is 0 Å². The van der Waals surface area contributed by atoms with Gasteiger partial charge in [-0.25, -0.2) is 0 Å². The van der Waals surface area contributed by atoms with Crippen LogP contribution in [0.15, 0.2) is 27.7 Å². The average Bonchev–Trinajstić information content (AvgIpc) is 2.72. The minimum Gasteiger partial charge on any atom is -0.140 e. The van der Waals surface area contributed by atoms with E-state index >= 15 is 0 Å². The van der Waals surface area contributed by atoms with Crippen LogP contribution < -0.4 is 0 Å². The third-order valence-corrected chi connectivity index (χ3v) is 4.55. The molecule has 0 aliphatic heterocycles. The van der Waals surface area contributed by atoms with Crippen molar-refractivity contribution >= 4 is 60.6 Å². The van der Waals surface area contributed by atoms with Crippen LogP contribution in [0.3, 0.4) is 0 Å². The van der Waals surface area contributed by atoms with Gasteiger partial charge in [0.05, 0.1) is 3.39 Å². The fourth-order valence-electron chi connectivity index (χ4n) is 1.24. The molecule has 2 aromatic heterocycles. The Labute approximate surface area is 114 Å². The summed E-state index contributed by atoms with van der Waals surface area (Å²) >= 11 is 10.4. The Hall–Kier alpha value is 0.100. The summed E-state index contributed by atoms with van der Waals surface area (Å²) in [6.45, 7) is 2.14. The van der Waals surface area contributed by atoms with Gasteiger partial charge in [-0.3, -0.25) is 0 Å². The molecule has 2 aromatic rings. The highest BCUT2D eigenvalue weighted by atomic mass is 79.9. The van der Waals surface area contributed by atoms with Crippen LogP contribution in [0.4, 0.5) is 0 Å². The number of thiophene rings is 2. The van der Waals surface area contributed by atoms with Crippen molar-refractivity contribution in [3.05, 3.63) is 37.4 Å². The van der Waals surface area contributed by atoms with Gasteiger partial charge in [0.2, 0.25) is 0 Å². The molecule has 15 heavy (non-hydrogen) atoms. The molecule has 2 rings (SSSR count).